The van der Waals surface area contributed by atoms with Gasteiger partial charge in [-0.2, -0.15) is 5.10 Å². The Bertz CT molecular complexity index is 463. The van der Waals surface area contributed by atoms with Gasteiger partial charge in [-0.15, -0.1) is 0 Å². The zero-order chi connectivity index (χ0) is 14.2. The highest BCUT2D eigenvalue weighted by atomic mass is 16.6. The van der Waals surface area contributed by atoms with Gasteiger partial charge in [0.25, 0.3) is 0 Å². The molecular formula is C11H18BN3O4. The zero-order valence-corrected chi connectivity index (χ0v) is 11.3. The maximum absolute atomic E-state index is 11.7. The van der Waals surface area contributed by atoms with Crippen LogP contribution < -0.4 is 5.46 Å². The summed E-state index contributed by atoms with van der Waals surface area (Å²) in [6.07, 6.45) is 2.64. The molecule has 2 rings (SSSR count). The van der Waals surface area contributed by atoms with Gasteiger partial charge in [0.15, 0.2) is 0 Å². The van der Waals surface area contributed by atoms with Crippen LogP contribution in [0, 0.1) is 0 Å². The number of hydrogen-bond donors (Lipinski definition) is 2. The Morgan fingerprint density at radius 2 is 2.11 bits per heavy atom. The van der Waals surface area contributed by atoms with Gasteiger partial charge in [-0.1, -0.05) is 0 Å². The summed E-state index contributed by atoms with van der Waals surface area (Å²) in [5, 5.41) is 22.0. The number of nitrogens with zero attached hydrogens (tertiary/aromatic N) is 3. The summed E-state index contributed by atoms with van der Waals surface area (Å²) in [6, 6.07) is 0.0556. The lowest BCUT2D eigenvalue weighted by molar-refractivity contribution is -0.000384. The largest absolute Gasteiger partial charge is 0.491 e. The lowest BCUT2D eigenvalue weighted by atomic mass is 9.83. The number of ether oxygens (including phenoxy) is 1. The van der Waals surface area contributed by atoms with Gasteiger partial charge in [0.2, 0.25) is 0 Å². The van der Waals surface area contributed by atoms with Crippen molar-refractivity contribution < 1.29 is 19.6 Å². The standard InChI is InChI=1S/C11H18BN3O4/c1-11(2,3)19-10(16)14-6-9(7-14)15-5-8(4-13-15)12(17)18/h4-5,9,17-18H,6-7H2,1-3H3. The predicted molar refractivity (Wildman–Crippen MR) is 68.9 cm³/mol. The van der Waals surface area contributed by atoms with E-state index in [1.165, 1.54) is 6.20 Å². The van der Waals surface area contributed by atoms with Crippen molar-refractivity contribution in [1.29, 1.82) is 0 Å². The van der Waals surface area contributed by atoms with Crippen molar-refractivity contribution in [3.8, 4) is 0 Å². The van der Waals surface area contributed by atoms with Crippen LogP contribution in [0.15, 0.2) is 12.4 Å². The van der Waals surface area contributed by atoms with E-state index in [1.54, 1.807) is 15.8 Å². The van der Waals surface area contributed by atoms with Crippen LogP contribution in [-0.4, -0.2) is 56.6 Å². The third kappa shape index (κ3) is 3.27. The molecule has 0 bridgehead atoms. The van der Waals surface area contributed by atoms with E-state index >= 15 is 0 Å². The third-order valence-corrected chi connectivity index (χ3v) is 2.81. The van der Waals surface area contributed by atoms with E-state index in [0.717, 1.165) is 0 Å². The smallest absolute Gasteiger partial charge is 0.444 e. The fraction of sp³-hybridized carbons (Fsp3) is 0.636. The Morgan fingerprint density at radius 1 is 1.47 bits per heavy atom. The lowest BCUT2D eigenvalue weighted by Crippen LogP contribution is -2.52. The van der Waals surface area contributed by atoms with Crippen molar-refractivity contribution in [2.45, 2.75) is 32.4 Å². The quantitative estimate of drug-likeness (QED) is 0.695. The topological polar surface area (TPSA) is 87.8 Å². The monoisotopic (exact) mass is 267 g/mol. The average Bonchev–Trinajstić information content (AvgIpc) is 2.61. The number of hydrogen-bond acceptors (Lipinski definition) is 5. The second-order valence-electron chi connectivity index (χ2n) is 5.67. The molecule has 2 N–H and O–H groups in total. The van der Waals surface area contributed by atoms with Crippen LogP contribution in [0.5, 0.6) is 0 Å². The molecule has 0 radical (unpaired) electrons. The molecule has 1 amide bonds. The lowest BCUT2D eigenvalue weighted by Gasteiger charge is -2.39. The van der Waals surface area contributed by atoms with E-state index in [2.05, 4.69) is 5.10 Å². The number of carbonyl (C=O) groups is 1. The van der Waals surface area contributed by atoms with E-state index in [0.29, 0.717) is 18.6 Å². The fourth-order valence-corrected chi connectivity index (χ4v) is 1.78. The first-order valence-corrected chi connectivity index (χ1v) is 6.14. The molecule has 1 saturated heterocycles. The highest BCUT2D eigenvalue weighted by Crippen LogP contribution is 2.22. The molecular weight excluding hydrogens is 249 g/mol. The molecule has 0 atom stereocenters. The van der Waals surface area contributed by atoms with Gasteiger partial charge in [0.05, 0.1) is 6.04 Å². The van der Waals surface area contributed by atoms with E-state index in [1.807, 2.05) is 20.8 Å². The van der Waals surface area contributed by atoms with Crippen LogP contribution in [0.1, 0.15) is 26.8 Å². The van der Waals surface area contributed by atoms with Crippen LogP contribution in [0.2, 0.25) is 0 Å². The summed E-state index contributed by atoms with van der Waals surface area (Å²) < 4.78 is 6.88. The van der Waals surface area contributed by atoms with E-state index in [-0.39, 0.29) is 12.1 Å². The summed E-state index contributed by atoms with van der Waals surface area (Å²) in [7, 11) is -1.52. The van der Waals surface area contributed by atoms with Gasteiger partial charge < -0.3 is 19.7 Å². The highest BCUT2D eigenvalue weighted by molar-refractivity contribution is 6.58. The molecule has 19 heavy (non-hydrogen) atoms. The first-order chi connectivity index (χ1) is 8.76. The number of amides is 1. The number of carbonyl (C=O) groups excluding carboxylic acids is 1. The SMILES string of the molecule is CC(C)(C)OC(=O)N1CC(n2cc(B(O)O)cn2)C1. The molecule has 0 saturated carbocycles. The fourth-order valence-electron chi connectivity index (χ4n) is 1.78. The Kier molecular flexibility index (Phi) is 3.55. The van der Waals surface area contributed by atoms with Crippen molar-refractivity contribution in [3.63, 3.8) is 0 Å². The molecule has 0 aliphatic carbocycles. The van der Waals surface area contributed by atoms with E-state index in [4.69, 9.17) is 14.8 Å². The van der Waals surface area contributed by atoms with Crippen molar-refractivity contribution in [2.75, 3.05) is 13.1 Å². The van der Waals surface area contributed by atoms with E-state index in [9.17, 15) is 4.79 Å². The van der Waals surface area contributed by atoms with Gasteiger partial charge in [-0.3, -0.25) is 4.68 Å². The normalized spacial score (nSPS) is 16.2. The molecule has 1 aliphatic rings. The first kappa shape index (κ1) is 13.9. The van der Waals surface area contributed by atoms with Gasteiger partial charge in [-0.25, -0.2) is 4.79 Å². The van der Waals surface area contributed by atoms with Gasteiger partial charge in [0.1, 0.15) is 5.60 Å². The van der Waals surface area contributed by atoms with Crippen LogP contribution in [0.25, 0.3) is 0 Å². The Balaban J connectivity index is 1.87. The van der Waals surface area contributed by atoms with Crippen LogP contribution in [-0.2, 0) is 4.74 Å². The molecule has 7 nitrogen and oxygen atoms in total. The molecule has 104 valence electrons. The van der Waals surface area contributed by atoms with Crippen molar-refractivity contribution >= 4 is 18.7 Å². The molecule has 0 spiro atoms. The minimum atomic E-state index is -1.52. The average molecular weight is 267 g/mol. The molecule has 1 aromatic heterocycles. The van der Waals surface area contributed by atoms with Gasteiger partial charge in [-0.05, 0) is 20.8 Å². The van der Waals surface area contributed by atoms with Crippen molar-refractivity contribution in [3.05, 3.63) is 12.4 Å². The summed E-state index contributed by atoms with van der Waals surface area (Å²) >= 11 is 0. The van der Waals surface area contributed by atoms with Gasteiger partial charge in [0, 0.05) is 30.9 Å². The summed E-state index contributed by atoms with van der Waals surface area (Å²) in [6.45, 7) is 6.49. The minimum absolute atomic E-state index is 0.0556. The minimum Gasteiger partial charge on any atom is -0.444 e. The predicted octanol–water partition coefficient (Wildman–Crippen LogP) is -0.645. The highest BCUT2D eigenvalue weighted by Gasteiger charge is 2.35. The Labute approximate surface area is 111 Å². The molecule has 8 heteroatoms. The maximum atomic E-state index is 11.7. The molecule has 1 aliphatic heterocycles. The van der Waals surface area contributed by atoms with E-state index < -0.39 is 12.7 Å². The van der Waals surface area contributed by atoms with Crippen LogP contribution >= 0.6 is 0 Å². The number of likely N-dealkylation sites (tertiary alicyclic amines) is 1. The Hall–Kier alpha value is -1.54. The van der Waals surface area contributed by atoms with Gasteiger partial charge >= 0.3 is 13.2 Å². The van der Waals surface area contributed by atoms with Crippen molar-refractivity contribution in [1.82, 2.24) is 14.7 Å². The first-order valence-electron chi connectivity index (χ1n) is 6.14. The summed E-state index contributed by atoms with van der Waals surface area (Å²) in [4.78, 5) is 13.3. The number of aromatic nitrogens is 2. The maximum Gasteiger partial charge on any atom is 0.491 e. The van der Waals surface area contributed by atoms with Crippen LogP contribution in [0.4, 0.5) is 4.79 Å². The second-order valence-corrected chi connectivity index (χ2v) is 5.67. The van der Waals surface area contributed by atoms with Crippen LogP contribution in [0.3, 0.4) is 0 Å². The van der Waals surface area contributed by atoms with Crippen molar-refractivity contribution in [2.24, 2.45) is 0 Å². The third-order valence-electron chi connectivity index (χ3n) is 2.81. The Morgan fingerprint density at radius 3 is 2.58 bits per heavy atom. The molecule has 2 heterocycles. The molecule has 1 fully saturated rings. The second kappa shape index (κ2) is 4.86. The molecule has 1 aromatic rings. The zero-order valence-electron chi connectivity index (χ0n) is 11.3. The molecule has 0 aromatic carbocycles. The molecule has 0 unspecified atom stereocenters. The number of rotatable bonds is 2. The summed E-state index contributed by atoms with van der Waals surface area (Å²) in [5.74, 6) is 0. The summed E-state index contributed by atoms with van der Waals surface area (Å²) in [5.41, 5.74) is -0.155.